The fourth-order valence-electron chi connectivity index (χ4n) is 4.34. The van der Waals surface area contributed by atoms with Gasteiger partial charge in [0.05, 0.1) is 16.5 Å². The zero-order chi connectivity index (χ0) is 24.8. The molecule has 0 saturated heterocycles. The number of para-hydroxylation sites is 1. The Labute approximate surface area is 211 Å². The van der Waals surface area contributed by atoms with Crippen molar-refractivity contribution in [1.82, 2.24) is 24.7 Å². The maximum atomic E-state index is 13.7. The van der Waals surface area contributed by atoms with Crippen molar-refractivity contribution in [3.05, 3.63) is 87.8 Å². The third-order valence-electron chi connectivity index (χ3n) is 6.31. The Morgan fingerprint density at radius 2 is 1.94 bits per heavy atom. The van der Waals surface area contributed by atoms with Gasteiger partial charge in [0, 0.05) is 17.3 Å². The molecule has 0 amide bonds. The molecule has 0 bridgehead atoms. The van der Waals surface area contributed by atoms with Crippen LogP contribution in [-0.4, -0.2) is 24.7 Å². The molecule has 36 heavy (non-hydrogen) atoms. The van der Waals surface area contributed by atoms with Crippen molar-refractivity contribution in [3.8, 4) is 17.1 Å². The Bertz CT molecular complexity index is 1640. The Morgan fingerprint density at radius 1 is 1.14 bits per heavy atom. The maximum Gasteiger partial charge on any atom is 0.265 e. The van der Waals surface area contributed by atoms with Gasteiger partial charge in [0.25, 0.3) is 11.4 Å². The molecule has 1 fully saturated rings. The first-order valence-electron chi connectivity index (χ1n) is 11.6. The Balaban J connectivity index is 1.47. The smallest absolute Gasteiger partial charge is 0.265 e. The number of rotatable bonds is 6. The fourth-order valence-corrected chi connectivity index (χ4v) is 4.61. The standard InChI is InChI=1S/C26H22ClN7O2/c1-14(31-24-21(22(28)29-13-30-24)25-32-23(33-36-25)15-10-11-15)19-12-16-6-5-9-18(27)20(16)26(35)34(19)17-7-3-2-4-8-17/h2-9,12-15H,10-11H2,1H3,(H3,28,29,30,31). The molecule has 1 unspecified atom stereocenters. The van der Waals surface area contributed by atoms with Gasteiger partial charge >= 0.3 is 0 Å². The minimum atomic E-state index is -0.375. The van der Waals surface area contributed by atoms with Gasteiger partial charge in [0.2, 0.25) is 0 Å². The van der Waals surface area contributed by atoms with Crippen molar-refractivity contribution in [2.45, 2.75) is 31.7 Å². The second kappa shape index (κ2) is 8.76. The molecular formula is C26H22ClN7O2. The predicted octanol–water partition coefficient (Wildman–Crippen LogP) is 5.12. The molecule has 0 aliphatic heterocycles. The topological polar surface area (TPSA) is 125 Å². The highest BCUT2D eigenvalue weighted by Gasteiger charge is 2.30. The van der Waals surface area contributed by atoms with Gasteiger partial charge < -0.3 is 15.6 Å². The van der Waals surface area contributed by atoms with Crippen molar-refractivity contribution < 1.29 is 4.52 Å². The Morgan fingerprint density at radius 3 is 2.72 bits per heavy atom. The number of aromatic nitrogens is 5. The van der Waals surface area contributed by atoms with Crippen molar-refractivity contribution in [2.75, 3.05) is 11.1 Å². The molecule has 9 nitrogen and oxygen atoms in total. The van der Waals surface area contributed by atoms with Crippen LogP contribution < -0.4 is 16.6 Å². The van der Waals surface area contributed by atoms with E-state index in [9.17, 15) is 4.79 Å². The van der Waals surface area contributed by atoms with E-state index in [1.165, 1.54) is 6.33 Å². The number of benzene rings is 2. The van der Waals surface area contributed by atoms with Crippen LogP contribution in [0.15, 0.2) is 70.2 Å². The fraction of sp³-hybridized carbons (Fsp3) is 0.192. The van der Waals surface area contributed by atoms with Crippen LogP contribution in [-0.2, 0) is 0 Å². The number of nitrogens with one attached hydrogen (secondary N) is 1. The first kappa shape index (κ1) is 22.2. The van der Waals surface area contributed by atoms with Crippen LogP contribution in [0.2, 0.25) is 5.02 Å². The van der Waals surface area contributed by atoms with E-state index < -0.39 is 0 Å². The molecule has 10 heteroatoms. The van der Waals surface area contributed by atoms with E-state index in [2.05, 4.69) is 25.4 Å². The SMILES string of the molecule is CC(Nc1ncnc(N)c1-c1nc(C2CC2)no1)c1cc2cccc(Cl)c2c(=O)n1-c1ccccc1. The lowest BCUT2D eigenvalue weighted by molar-refractivity contribution is 0.422. The molecule has 0 radical (unpaired) electrons. The van der Waals surface area contributed by atoms with Crippen LogP contribution in [0.5, 0.6) is 0 Å². The summed E-state index contributed by atoms with van der Waals surface area (Å²) in [5.74, 6) is 1.90. The first-order chi connectivity index (χ1) is 17.5. The number of anilines is 2. The zero-order valence-corrected chi connectivity index (χ0v) is 20.1. The average Bonchev–Trinajstić information content (AvgIpc) is 3.62. The van der Waals surface area contributed by atoms with Crippen molar-refractivity contribution in [2.24, 2.45) is 0 Å². The largest absolute Gasteiger partial charge is 0.383 e. The number of halogens is 1. The molecule has 1 saturated carbocycles. The van der Waals surface area contributed by atoms with E-state index >= 15 is 0 Å². The number of pyridine rings is 1. The number of nitrogen functional groups attached to an aromatic ring is 1. The molecular weight excluding hydrogens is 478 g/mol. The summed E-state index contributed by atoms with van der Waals surface area (Å²) in [6, 6.07) is 16.4. The zero-order valence-electron chi connectivity index (χ0n) is 19.4. The molecule has 0 spiro atoms. The van der Waals surface area contributed by atoms with E-state index in [1.54, 1.807) is 10.6 Å². The van der Waals surface area contributed by atoms with E-state index in [-0.39, 0.29) is 23.3 Å². The highest BCUT2D eigenvalue weighted by Crippen LogP contribution is 2.40. The Kier molecular flexibility index (Phi) is 5.41. The lowest BCUT2D eigenvalue weighted by atomic mass is 10.1. The monoisotopic (exact) mass is 499 g/mol. The van der Waals surface area contributed by atoms with Gasteiger partial charge in [0.1, 0.15) is 23.5 Å². The summed E-state index contributed by atoms with van der Waals surface area (Å²) < 4.78 is 7.17. The van der Waals surface area contributed by atoms with Gasteiger partial charge in [-0.2, -0.15) is 4.98 Å². The normalized spacial score (nSPS) is 14.2. The minimum Gasteiger partial charge on any atom is -0.383 e. The molecule has 5 aromatic rings. The van der Waals surface area contributed by atoms with Crippen molar-refractivity contribution in [1.29, 1.82) is 0 Å². The van der Waals surface area contributed by atoms with Crippen LogP contribution in [0, 0.1) is 0 Å². The molecule has 3 N–H and O–H groups in total. The summed E-state index contributed by atoms with van der Waals surface area (Å²) in [6.07, 6.45) is 3.46. The summed E-state index contributed by atoms with van der Waals surface area (Å²) in [6.45, 7) is 1.94. The summed E-state index contributed by atoms with van der Waals surface area (Å²) in [7, 11) is 0. The molecule has 3 aromatic heterocycles. The second-order valence-electron chi connectivity index (χ2n) is 8.83. The third-order valence-corrected chi connectivity index (χ3v) is 6.63. The van der Waals surface area contributed by atoms with Gasteiger partial charge in [-0.3, -0.25) is 9.36 Å². The number of nitrogens with zero attached hydrogens (tertiary/aromatic N) is 5. The van der Waals surface area contributed by atoms with E-state index in [0.717, 1.165) is 23.9 Å². The molecule has 1 aliphatic rings. The summed E-state index contributed by atoms with van der Waals surface area (Å²) in [4.78, 5) is 26.8. The Hall–Kier alpha value is -4.24. The lowest BCUT2D eigenvalue weighted by Crippen LogP contribution is -2.26. The third kappa shape index (κ3) is 3.87. The van der Waals surface area contributed by atoms with Crippen LogP contribution >= 0.6 is 11.6 Å². The van der Waals surface area contributed by atoms with Gasteiger partial charge in [-0.05, 0) is 49.4 Å². The van der Waals surface area contributed by atoms with Gasteiger partial charge in [-0.1, -0.05) is 47.1 Å². The molecule has 3 heterocycles. The molecule has 180 valence electrons. The molecule has 2 aromatic carbocycles. The van der Waals surface area contributed by atoms with Crippen LogP contribution in [0.4, 0.5) is 11.6 Å². The van der Waals surface area contributed by atoms with Gasteiger partial charge in [-0.15, -0.1) is 0 Å². The summed E-state index contributed by atoms with van der Waals surface area (Å²) in [5, 5.41) is 9.10. The predicted molar refractivity (Wildman–Crippen MR) is 138 cm³/mol. The van der Waals surface area contributed by atoms with Crippen molar-refractivity contribution in [3.63, 3.8) is 0 Å². The number of hydrogen-bond donors (Lipinski definition) is 2. The highest BCUT2D eigenvalue weighted by molar-refractivity contribution is 6.35. The first-order valence-corrected chi connectivity index (χ1v) is 12.0. The van der Waals surface area contributed by atoms with Crippen LogP contribution in [0.3, 0.4) is 0 Å². The average molecular weight is 500 g/mol. The van der Waals surface area contributed by atoms with Gasteiger partial charge in [0.15, 0.2) is 5.82 Å². The number of nitrogens with two attached hydrogens (primary N) is 1. The van der Waals surface area contributed by atoms with Gasteiger partial charge in [-0.25, -0.2) is 9.97 Å². The number of fused-ring (bicyclic) bond motifs is 1. The highest BCUT2D eigenvalue weighted by atomic mass is 35.5. The second-order valence-corrected chi connectivity index (χ2v) is 9.24. The summed E-state index contributed by atoms with van der Waals surface area (Å²) >= 11 is 6.43. The molecule has 1 aliphatic carbocycles. The van der Waals surface area contributed by atoms with E-state index in [0.29, 0.717) is 39.2 Å². The van der Waals surface area contributed by atoms with Crippen LogP contribution in [0.25, 0.3) is 27.9 Å². The lowest BCUT2D eigenvalue weighted by Gasteiger charge is -2.22. The van der Waals surface area contributed by atoms with E-state index in [4.69, 9.17) is 21.9 Å². The summed E-state index contributed by atoms with van der Waals surface area (Å²) in [5.41, 5.74) is 7.88. The van der Waals surface area contributed by atoms with Crippen LogP contribution in [0.1, 0.15) is 43.2 Å². The maximum absolute atomic E-state index is 13.7. The van der Waals surface area contributed by atoms with Crippen molar-refractivity contribution >= 4 is 34.0 Å². The van der Waals surface area contributed by atoms with E-state index in [1.807, 2.05) is 55.5 Å². The molecule has 6 rings (SSSR count). The quantitative estimate of drug-likeness (QED) is 0.330. The molecule has 1 atom stereocenters. The minimum absolute atomic E-state index is 0.207. The number of hydrogen-bond acceptors (Lipinski definition) is 8.